The molecule has 226 valence electrons. The van der Waals surface area contributed by atoms with Gasteiger partial charge in [-0.3, -0.25) is 0 Å². The number of hydrogen-bond acceptors (Lipinski definition) is 3. The predicted molar refractivity (Wildman–Crippen MR) is 192 cm³/mol. The van der Waals surface area contributed by atoms with E-state index < -0.39 is 5.41 Å². The van der Waals surface area contributed by atoms with E-state index in [0.29, 0.717) is 11.4 Å². The molecule has 0 saturated heterocycles. The maximum Gasteiger partial charge on any atom is 0.160 e. The Morgan fingerprint density at radius 3 is 1.71 bits per heavy atom. The Kier molecular flexibility index (Phi) is 6.13. The first-order chi connectivity index (χ1) is 23.5. The van der Waals surface area contributed by atoms with Gasteiger partial charge in [-0.25, -0.2) is 9.97 Å². The van der Waals surface area contributed by atoms with Gasteiger partial charge in [0.2, 0.25) is 0 Å². The summed E-state index contributed by atoms with van der Waals surface area (Å²) in [4.78, 5) is 10.3. The van der Waals surface area contributed by atoms with Crippen LogP contribution in [0.2, 0.25) is 0 Å². The molecule has 2 aliphatic carbocycles. The summed E-state index contributed by atoms with van der Waals surface area (Å²) in [5, 5.41) is 9.62. The lowest BCUT2D eigenvalue weighted by Crippen LogP contribution is -2.40. The minimum absolute atomic E-state index is 0.138. The van der Waals surface area contributed by atoms with Crippen LogP contribution in [0, 0.1) is 11.3 Å². The first-order valence-corrected chi connectivity index (χ1v) is 16.4. The molecule has 0 atom stereocenters. The third-order valence-corrected chi connectivity index (χ3v) is 10.4. The Bertz CT molecular complexity index is 2400. The van der Waals surface area contributed by atoms with Gasteiger partial charge in [-0.05, 0) is 68.8 Å². The molecule has 7 aromatic rings. The predicted octanol–water partition coefficient (Wildman–Crippen LogP) is 10.4. The van der Waals surface area contributed by atoms with Gasteiger partial charge in [0.25, 0.3) is 0 Å². The van der Waals surface area contributed by atoms with Crippen molar-refractivity contribution in [2.45, 2.75) is 24.7 Å². The summed E-state index contributed by atoms with van der Waals surface area (Å²) in [7, 11) is 0. The second-order valence-corrected chi connectivity index (χ2v) is 13.3. The molecule has 0 bridgehead atoms. The molecule has 0 unspecified atom stereocenters. The molecule has 0 radical (unpaired) electrons. The third-order valence-electron chi connectivity index (χ3n) is 10.4. The number of nitriles is 1. The third kappa shape index (κ3) is 3.93. The van der Waals surface area contributed by atoms with Gasteiger partial charge >= 0.3 is 0 Å². The maximum atomic E-state index is 9.62. The van der Waals surface area contributed by atoms with E-state index >= 15 is 0 Å². The van der Waals surface area contributed by atoms with Crippen molar-refractivity contribution in [1.29, 1.82) is 5.26 Å². The first-order valence-electron chi connectivity index (χ1n) is 16.4. The van der Waals surface area contributed by atoms with E-state index in [-0.39, 0.29) is 5.41 Å². The largest absolute Gasteiger partial charge is 0.228 e. The molecule has 3 nitrogen and oxygen atoms in total. The number of fused-ring (bicyclic) bond motifs is 9. The van der Waals surface area contributed by atoms with Gasteiger partial charge in [0.05, 0.1) is 28.4 Å². The first kappa shape index (κ1) is 28.1. The Morgan fingerprint density at radius 2 is 1.02 bits per heavy atom. The standard InChI is InChI=1S/C45H31N3/c1-44(2)37-19-8-10-21-39(37)45(40-22-11-9-20-38(40)44)35-18-7-6-17-33(35)34-26-32(23-24-36(34)45)43-47-41(30-14-4-3-5-15-30)27-42(48-43)31-16-12-13-29(25-31)28-46/h3-27H,1-2H3. The van der Waals surface area contributed by atoms with Crippen molar-refractivity contribution in [3.8, 4) is 51.1 Å². The molecular formula is C45H31N3. The summed E-state index contributed by atoms with van der Waals surface area (Å²) in [6.45, 7) is 4.70. The molecule has 9 rings (SSSR count). The van der Waals surface area contributed by atoms with Gasteiger partial charge in [-0.1, -0.05) is 141 Å². The Labute approximate surface area is 280 Å². The fraction of sp³-hybridized carbons (Fsp3) is 0.0889. The summed E-state index contributed by atoms with van der Waals surface area (Å²) in [5.74, 6) is 0.653. The summed E-state index contributed by atoms with van der Waals surface area (Å²) < 4.78 is 0. The van der Waals surface area contributed by atoms with E-state index in [4.69, 9.17) is 9.97 Å². The van der Waals surface area contributed by atoms with Crippen molar-refractivity contribution in [3.63, 3.8) is 0 Å². The monoisotopic (exact) mass is 613 g/mol. The molecule has 0 fully saturated rings. The summed E-state index contributed by atoms with van der Waals surface area (Å²) >= 11 is 0. The van der Waals surface area contributed by atoms with Crippen LogP contribution < -0.4 is 0 Å². The number of hydrogen-bond donors (Lipinski definition) is 0. The van der Waals surface area contributed by atoms with Crippen molar-refractivity contribution in [1.82, 2.24) is 9.97 Å². The van der Waals surface area contributed by atoms with Crippen LogP contribution >= 0.6 is 0 Å². The average molecular weight is 614 g/mol. The van der Waals surface area contributed by atoms with Gasteiger partial charge in [0.15, 0.2) is 5.82 Å². The van der Waals surface area contributed by atoms with Crippen LogP contribution in [0.3, 0.4) is 0 Å². The molecule has 48 heavy (non-hydrogen) atoms. The zero-order chi connectivity index (χ0) is 32.5. The zero-order valence-electron chi connectivity index (χ0n) is 26.8. The molecule has 2 aliphatic rings. The van der Waals surface area contributed by atoms with Gasteiger partial charge < -0.3 is 0 Å². The highest BCUT2D eigenvalue weighted by molar-refractivity contribution is 5.90. The van der Waals surface area contributed by atoms with Gasteiger partial charge in [0.1, 0.15) is 0 Å². The van der Waals surface area contributed by atoms with Crippen molar-refractivity contribution >= 4 is 0 Å². The van der Waals surface area contributed by atoms with Crippen molar-refractivity contribution < 1.29 is 0 Å². The lowest BCUT2D eigenvalue weighted by atomic mass is 9.55. The Balaban J connectivity index is 1.31. The molecule has 1 heterocycles. The van der Waals surface area contributed by atoms with Crippen molar-refractivity contribution in [2.75, 3.05) is 0 Å². The molecule has 0 aliphatic heterocycles. The SMILES string of the molecule is CC1(C)c2ccccc2C2(c3ccccc3-c3cc(-c4nc(-c5ccccc5)cc(-c5cccc(C#N)c5)n4)ccc32)c2ccccc21. The van der Waals surface area contributed by atoms with E-state index in [1.54, 1.807) is 0 Å². The molecule has 1 aromatic heterocycles. The summed E-state index contributed by atoms with van der Waals surface area (Å²) in [6.07, 6.45) is 0. The van der Waals surface area contributed by atoms with Gasteiger partial charge in [-0.15, -0.1) is 0 Å². The molecule has 1 spiro atoms. The number of nitrogens with zero attached hydrogens (tertiary/aromatic N) is 3. The van der Waals surface area contributed by atoms with Crippen LogP contribution in [0.25, 0.3) is 45.0 Å². The number of aromatic nitrogens is 2. The fourth-order valence-electron chi connectivity index (χ4n) is 8.23. The zero-order valence-corrected chi connectivity index (χ0v) is 26.8. The van der Waals surface area contributed by atoms with E-state index in [1.165, 1.54) is 44.5 Å². The van der Waals surface area contributed by atoms with Crippen molar-refractivity contribution in [3.05, 3.63) is 191 Å². The molecule has 0 N–H and O–H groups in total. The molecule has 0 amide bonds. The van der Waals surface area contributed by atoms with Crippen LogP contribution in [-0.2, 0) is 10.8 Å². The quantitative estimate of drug-likeness (QED) is 0.199. The fourth-order valence-corrected chi connectivity index (χ4v) is 8.23. The highest BCUT2D eigenvalue weighted by atomic mass is 14.9. The molecule has 0 saturated carbocycles. The second-order valence-electron chi connectivity index (χ2n) is 13.3. The summed E-state index contributed by atoms with van der Waals surface area (Å²) in [6, 6.07) is 55.8. The van der Waals surface area contributed by atoms with Crippen LogP contribution in [0.15, 0.2) is 152 Å². The van der Waals surface area contributed by atoms with E-state index in [0.717, 1.165) is 28.1 Å². The molecule has 3 heteroatoms. The highest BCUT2D eigenvalue weighted by Gasteiger charge is 2.53. The Hall–Kier alpha value is -6.11. The number of rotatable bonds is 3. The Morgan fingerprint density at radius 1 is 0.458 bits per heavy atom. The van der Waals surface area contributed by atoms with Crippen LogP contribution in [-0.4, -0.2) is 9.97 Å². The normalized spacial score (nSPS) is 14.4. The van der Waals surface area contributed by atoms with Crippen LogP contribution in [0.4, 0.5) is 0 Å². The second kappa shape index (κ2) is 10.5. The molecule has 6 aromatic carbocycles. The van der Waals surface area contributed by atoms with E-state index in [1.807, 2.05) is 48.5 Å². The smallest absolute Gasteiger partial charge is 0.160 e. The van der Waals surface area contributed by atoms with Crippen LogP contribution in [0.5, 0.6) is 0 Å². The lowest BCUT2D eigenvalue weighted by Gasteiger charge is -2.46. The summed E-state index contributed by atoms with van der Waals surface area (Å²) in [5.41, 5.74) is 14.9. The van der Waals surface area contributed by atoms with E-state index in [2.05, 4.69) is 123 Å². The van der Waals surface area contributed by atoms with Crippen molar-refractivity contribution in [2.24, 2.45) is 0 Å². The molecular weight excluding hydrogens is 583 g/mol. The minimum atomic E-state index is -0.442. The topological polar surface area (TPSA) is 49.6 Å². The maximum absolute atomic E-state index is 9.62. The van der Waals surface area contributed by atoms with Gasteiger partial charge in [-0.2, -0.15) is 5.26 Å². The average Bonchev–Trinajstić information content (AvgIpc) is 3.44. The van der Waals surface area contributed by atoms with Gasteiger partial charge in [0, 0.05) is 22.1 Å². The number of benzene rings is 6. The highest BCUT2D eigenvalue weighted by Crippen LogP contribution is 2.62. The van der Waals surface area contributed by atoms with E-state index in [9.17, 15) is 5.26 Å². The lowest BCUT2D eigenvalue weighted by molar-refractivity contribution is 0.563. The minimum Gasteiger partial charge on any atom is -0.228 e. The van der Waals surface area contributed by atoms with Crippen LogP contribution in [0.1, 0.15) is 52.8 Å².